The highest BCUT2D eigenvalue weighted by atomic mass is 16.3. The van der Waals surface area contributed by atoms with Crippen molar-refractivity contribution in [1.82, 2.24) is 14.8 Å². The maximum absolute atomic E-state index is 12.2. The summed E-state index contributed by atoms with van der Waals surface area (Å²) in [6.07, 6.45) is 6.15. The first kappa shape index (κ1) is 13.6. The summed E-state index contributed by atoms with van der Waals surface area (Å²) in [5.41, 5.74) is 0.985. The number of carbonyl (C=O) groups excluding carboxylic acids is 1. The molecular formula is C15H23N3O2. The van der Waals surface area contributed by atoms with Crippen LogP contribution in [0.1, 0.15) is 37.3 Å². The Bertz CT molecular complexity index is 481. The van der Waals surface area contributed by atoms with Crippen LogP contribution in [0, 0.1) is 12.8 Å². The van der Waals surface area contributed by atoms with E-state index in [4.69, 9.17) is 4.42 Å². The highest BCUT2D eigenvalue weighted by Gasteiger charge is 2.35. The molecule has 0 aromatic carbocycles. The van der Waals surface area contributed by atoms with E-state index in [0.717, 1.165) is 56.9 Å². The first-order valence-electron chi connectivity index (χ1n) is 7.53. The van der Waals surface area contributed by atoms with Crippen LogP contribution >= 0.6 is 0 Å². The number of amides is 1. The lowest BCUT2D eigenvalue weighted by atomic mass is 10.0. The molecule has 1 aromatic rings. The number of rotatable bonds is 4. The minimum Gasteiger partial charge on any atom is -0.449 e. The number of carbonyl (C=O) groups is 1. The number of oxazole rings is 1. The Hall–Kier alpha value is -1.36. The van der Waals surface area contributed by atoms with Crippen LogP contribution < -0.4 is 0 Å². The van der Waals surface area contributed by atoms with Crippen LogP contribution in [-0.4, -0.2) is 46.9 Å². The number of likely N-dealkylation sites (N-methyl/N-ethyl adjacent to an activating group) is 1. The van der Waals surface area contributed by atoms with Crippen molar-refractivity contribution in [3.63, 3.8) is 0 Å². The molecule has 1 amide bonds. The van der Waals surface area contributed by atoms with Gasteiger partial charge in [-0.25, -0.2) is 4.98 Å². The normalized spacial score (nSPS) is 23.8. The van der Waals surface area contributed by atoms with Crippen molar-refractivity contribution in [1.29, 1.82) is 0 Å². The van der Waals surface area contributed by atoms with Crippen molar-refractivity contribution < 1.29 is 9.21 Å². The van der Waals surface area contributed by atoms with Crippen LogP contribution in [-0.2, 0) is 11.3 Å². The van der Waals surface area contributed by atoms with Crippen LogP contribution in [0.5, 0.6) is 0 Å². The monoisotopic (exact) mass is 277 g/mol. The third kappa shape index (κ3) is 3.03. The fourth-order valence-electron chi connectivity index (χ4n) is 3.00. The van der Waals surface area contributed by atoms with Gasteiger partial charge in [0, 0.05) is 39.0 Å². The van der Waals surface area contributed by atoms with E-state index in [0.29, 0.717) is 17.9 Å². The van der Waals surface area contributed by atoms with Crippen LogP contribution in [0.25, 0.3) is 0 Å². The molecule has 0 bridgehead atoms. The molecule has 5 nitrogen and oxygen atoms in total. The molecule has 1 aromatic heterocycles. The number of nitrogens with zero attached hydrogens (tertiary/aromatic N) is 3. The summed E-state index contributed by atoms with van der Waals surface area (Å²) in [6, 6.07) is 0.352. The average Bonchev–Trinajstić information content (AvgIpc) is 3.22. The Balaban J connectivity index is 1.56. The van der Waals surface area contributed by atoms with Crippen molar-refractivity contribution in [2.24, 2.45) is 5.92 Å². The van der Waals surface area contributed by atoms with Gasteiger partial charge in [0.2, 0.25) is 5.91 Å². The van der Waals surface area contributed by atoms with Crippen LogP contribution in [0.4, 0.5) is 0 Å². The molecular weight excluding hydrogens is 254 g/mol. The summed E-state index contributed by atoms with van der Waals surface area (Å²) in [6.45, 7) is 4.71. The summed E-state index contributed by atoms with van der Waals surface area (Å²) in [5.74, 6) is 1.37. The van der Waals surface area contributed by atoms with Gasteiger partial charge in [-0.05, 0) is 32.2 Å². The molecule has 2 aliphatic rings. The van der Waals surface area contributed by atoms with E-state index < -0.39 is 0 Å². The van der Waals surface area contributed by atoms with Crippen molar-refractivity contribution in [2.75, 3.05) is 20.1 Å². The van der Waals surface area contributed by atoms with Crippen LogP contribution in [0.3, 0.4) is 0 Å². The van der Waals surface area contributed by atoms with Gasteiger partial charge in [-0.2, -0.15) is 0 Å². The zero-order valence-electron chi connectivity index (χ0n) is 12.3. The molecule has 1 aliphatic heterocycles. The third-order valence-electron chi connectivity index (χ3n) is 4.35. The molecule has 3 rings (SSSR count). The van der Waals surface area contributed by atoms with E-state index in [1.807, 2.05) is 18.9 Å². The zero-order chi connectivity index (χ0) is 14.1. The van der Waals surface area contributed by atoms with E-state index in [9.17, 15) is 4.79 Å². The smallest absolute Gasteiger partial charge is 0.225 e. The number of hydrogen-bond acceptors (Lipinski definition) is 4. The summed E-state index contributed by atoms with van der Waals surface area (Å²) in [7, 11) is 1.97. The largest absolute Gasteiger partial charge is 0.449 e. The molecule has 0 N–H and O–H groups in total. The van der Waals surface area contributed by atoms with E-state index in [-0.39, 0.29) is 0 Å². The topological polar surface area (TPSA) is 49.6 Å². The minimum absolute atomic E-state index is 0.313. The van der Waals surface area contributed by atoms with Gasteiger partial charge in [-0.3, -0.25) is 9.69 Å². The van der Waals surface area contributed by atoms with Crippen molar-refractivity contribution >= 4 is 5.91 Å². The number of aryl methyl sites for hydroxylation is 1. The van der Waals surface area contributed by atoms with Crippen LogP contribution in [0.2, 0.25) is 0 Å². The van der Waals surface area contributed by atoms with Gasteiger partial charge in [0.25, 0.3) is 0 Å². The Morgan fingerprint density at radius 2 is 2.30 bits per heavy atom. The molecule has 20 heavy (non-hydrogen) atoms. The quantitative estimate of drug-likeness (QED) is 0.842. The van der Waals surface area contributed by atoms with Crippen molar-refractivity contribution in [2.45, 2.75) is 45.2 Å². The molecule has 1 saturated heterocycles. The lowest BCUT2D eigenvalue weighted by Gasteiger charge is -2.37. The maximum Gasteiger partial charge on any atom is 0.225 e. The lowest BCUT2D eigenvalue weighted by molar-refractivity contribution is -0.134. The molecule has 110 valence electrons. The first-order valence-corrected chi connectivity index (χ1v) is 7.53. The highest BCUT2D eigenvalue weighted by Crippen LogP contribution is 2.32. The van der Waals surface area contributed by atoms with E-state index >= 15 is 0 Å². The van der Waals surface area contributed by atoms with Crippen molar-refractivity contribution in [3.8, 4) is 0 Å². The Kier molecular flexibility index (Phi) is 3.78. The summed E-state index contributed by atoms with van der Waals surface area (Å²) in [4.78, 5) is 20.9. The second kappa shape index (κ2) is 5.56. The third-order valence-corrected chi connectivity index (χ3v) is 4.35. The molecule has 2 fully saturated rings. The van der Waals surface area contributed by atoms with Gasteiger partial charge >= 0.3 is 0 Å². The van der Waals surface area contributed by atoms with E-state index in [1.54, 1.807) is 6.26 Å². The summed E-state index contributed by atoms with van der Waals surface area (Å²) in [5, 5.41) is 0. The van der Waals surface area contributed by atoms with Gasteiger partial charge in [0.05, 0.1) is 5.69 Å². The van der Waals surface area contributed by atoms with E-state index in [1.165, 1.54) is 0 Å². The predicted octanol–water partition coefficient (Wildman–Crippen LogP) is 1.82. The fraction of sp³-hybridized carbons (Fsp3) is 0.733. The maximum atomic E-state index is 12.2. The first-order chi connectivity index (χ1) is 9.63. The van der Waals surface area contributed by atoms with Crippen molar-refractivity contribution in [3.05, 3.63) is 17.8 Å². The molecule has 5 heteroatoms. The molecule has 1 aliphatic carbocycles. The average molecular weight is 277 g/mol. The molecule has 2 heterocycles. The number of likely N-dealkylation sites (tertiary alicyclic amines) is 1. The second-order valence-electron chi connectivity index (χ2n) is 6.11. The summed E-state index contributed by atoms with van der Waals surface area (Å²) < 4.78 is 5.26. The lowest BCUT2D eigenvalue weighted by Crippen LogP contribution is -2.48. The van der Waals surface area contributed by atoms with Crippen LogP contribution in [0.15, 0.2) is 10.7 Å². The molecule has 1 unspecified atom stereocenters. The Morgan fingerprint density at radius 1 is 1.50 bits per heavy atom. The highest BCUT2D eigenvalue weighted by molar-refractivity contribution is 5.81. The second-order valence-corrected chi connectivity index (χ2v) is 6.11. The van der Waals surface area contributed by atoms with Gasteiger partial charge in [-0.15, -0.1) is 0 Å². The predicted molar refractivity (Wildman–Crippen MR) is 75.0 cm³/mol. The Labute approximate surface area is 119 Å². The standard InChI is InChI=1S/C15H23N3O2/c1-11-16-13(10-20-11)8-18-7-3-4-14(9-18)17(2)15(19)12-5-6-12/h10,12,14H,3-9H2,1-2H3. The molecule has 1 saturated carbocycles. The van der Waals surface area contributed by atoms with Gasteiger partial charge in [-0.1, -0.05) is 0 Å². The number of aromatic nitrogens is 1. The Morgan fingerprint density at radius 3 is 2.95 bits per heavy atom. The summed E-state index contributed by atoms with van der Waals surface area (Å²) >= 11 is 0. The molecule has 1 atom stereocenters. The zero-order valence-corrected chi connectivity index (χ0v) is 12.3. The number of hydrogen-bond donors (Lipinski definition) is 0. The van der Waals surface area contributed by atoms with Gasteiger partial charge in [0.1, 0.15) is 6.26 Å². The minimum atomic E-state index is 0.313. The SMILES string of the molecule is Cc1nc(CN2CCCC(N(C)C(=O)C3CC3)C2)co1. The molecule has 0 spiro atoms. The molecule has 0 radical (unpaired) electrons. The number of piperidine rings is 1. The van der Waals surface area contributed by atoms with E-state index in [2.05, 4.69) is 9.88 Å². The fourth-order valence-corrected chi connectivity index (χ4v) is 3.00. The van der Waals surface area contributed by atoms with Gasteiger partial charge < -0.3 is 9.32 Å². The van der Waals surface area contributed by atoms with Gasteiger partial charge in [0.15, 0.2) is 5.89 Å².